The third-order valence-corrected chi connectivity index (χ3v) is 12.8. The Hall–Kier alpha value is -5.91. The predicted molar refractivity (Wildman–Crippen MR) is 231 cm³/mol. The number of amides is 2. The summed E-state index contributed by atoms with van der Waals surface area (Å²) in [6.07, 6.45) is 1.83. The van der Waals surface area contributed by atoms with Crippen LogP contribution < -0.4 is 15.8 Å². The molecule has 2 amide bonds. The molecule has 16 nitrogen and oxygen atoms in total. The number of nitrogens with two attached hydrogens (primary N) is 1. The zero-order chi connectivity index (χ0) is 42.8. The average molecular weight is 849 g/mol. The number of carbonyl (C=O) groups excluding carboxylic acids is 2. The number of hydrogen-bond acceptors (Lipinski definition) is 14. The van der Waals surface area contributed by atoms with Gasteiger partial charge >= 0.3 is 0 Å². The molecule has 1 unspecified atom stereocenters. The Morgan fingerprint density at radius 2 is 1.84 bits per heavy atom. The summed E-state index contributed by atoms with van der Waals surface area (Å²) in [7, 11) is 0. The number of β-amino-alcohol motifs (C(OH)–C–C–N with tert-alkyl or cyclic N) is 1. The van der Waals surface area contributed by atoms with E-state index in [0.717, 1.165) is 66.1 Å². The van der Waals surface area contributed by atoms with Crippen molar-refractivity contribution in [1.29, 1.82) is 0 Å². The molecule has 17 heteroatoms. The Balaban J connectivity index is 0.826. The molecule has 5 N–H and O–H groups in total. The van der Waals surface area contributed by atoms with Gasteiger partial charge in [-0.15, -0.1) is 21.5 Å². The minimum Gasteiger partial charge on any atom is -0.507 e. The molecule has 2 aromatic carbocycles. The van der Waals surface area contributed by atoms with E-state index in [1.54, 1.807) is 35.6 Å². The summed E-state index contributed by atoms with van der Waals surface area (Å²) < 4.78 is 13.6. The fourth-order valence-corrected chi connectivity index (χ4v) is 9.32. The number of nitrogens with zero attached hydrogens (tertiary/aromatic N) is 8. The second-order valence-corrected chi connectivity index (χ2v) is 17.2. The van der Waals surface area contributed by atoms with E-state index in [2.05, 4.69) is 35.7 Å². The molecule has 6 heterocycles. The number of aromatic hydroxyl groups is 1. The van der Waals surface area contributed by atoms with Crippen LogP contribution >= 0.6 is 11.3 Å². The predicted octanol–water partition coefficient (Wildman–Crippen LogP) is 5.89. The monoisotopic (exact) mass is 848 g/mol. The SMILES string of the molecule is Cc1ncsc1-c1ccc([C@H](C)NC(=O)[C@@H]2C[C@@H](O)CN2C(=O)C(c2cc(OCCCN3CCC(n4nc(N)c5nnc(-c6ccccc6O)cc54)CC3)no2)C(C)C)cc1. The summed E-state index contributed by atoms with van der Waals surface area (Å²) in [5, 5.41) is 41.5. The summed E-state index contributed by atoms with van der Waals surface area (Å²) in [6, 6.07) is 17.6. The van der Waals surface area contributed by atoms with Crippen LogP contribution in [0.25, 0.3) is 32.7 Å². The summed E-state index contributed by atoms with van der Waals surface area (Å²) in [5.41, 5.74) is 13.5. The smallest absolute Gasteiger partial charge is 0.254 e. The highest BCUT2D eigenvalue weighted by Crippen LogP contribution is 2.35. The standard InChI is InChI=1S/C44H52N10O6S/c1-25(2)39(44(58)53-23-31(55)20-35(53)43(57)47-26(3)28-10-12-29(13-11-28)41-27(4)46-24-61-41)37-22-38(51-60-37)59-19-7-16-52-17-14-30(15-18-52)54-34-21-33(32-8-5-6-9-36(32)56)48-49-40(34)42(45)50-54/h5-6,8-13,21-22,24-26,30-31,35,39,55-56H,7,14-20,23H2,1-4H3,(H2,45,50)(H,47,57)/t26-,31+,35-,39?/m0/s1. The van der Waals surface area contributed by atoms with Gasteiger partial charge in [0.15, 0.2) is 17.1 Å². The third kappa shape index (κ3) is 8.95. The Kier molecular flexibility index (Phi) is 12.3. The molecular formula is C44H52N10O6S. The van der Waals surface area contributed by atoms with Crippen molar-refractivity contribution in [2.75, 3.05) is 38.5 Å². The first kappa shape index (κ1) is 41.8. The quantitative estimate of drug-likeness (QED) is 0.0945. The van der Waals surface area contributed by atoms with Crippen molar-refractivity contribution in [1.82, 2.24) is 45.2 Å². The van der Waals surface area contributed by atoms with Crippen LogP contribution in [-0.2, 0) is 9.59 Å². The molecule has 8 rings (SSSR count). The zero-order valence-corrected chi connectivity index (χ0v) is 35.6. The molecule has 2 aliphatic rings. The molecule has 2 fully saturated rings. The number of ether oxygens (including phenoxy) is 1. The number of rotatable bonds is 14. The number of hydrogen-bond donors (Lipinski definition) is 4. The van der Waals surface area contributed by atoms with Gasteiger partial charge in [-0.3, -0.25) is 14.3 Å². The summed E-state index contributed by atoms with van der Waals surface area (Å²) >= 11 is 1.59. The van der Waals surface area contributed by atoms with Crippen molar-refractivity contribution in [2.24, 2.45) is 5.92 Å². The van der Waals surface area contributed by atoms with Crippen LogP contribution in [0.4, 0.5) is 5.82 Å². The number of fused-ring (bicyclic) bond motifs is 1. The molecule has 61 heavy (non-hydrogen) atoms. The number of nitrogens with one attached hydrogen (secondary N) is 1. The number of carbonyl (C=O) groups is 2. The van der Waals surface area contributed by atoms with Gasteiger partial charge in [-0.2, -0.15) is 5.10 Å². The fourth-order valence-electron chi connectivity index (χ4n) is 8.51. The van der Waals surface area contributed by atoms with Crippen molar-refractivity contribution >= 4 is 40.0 Å². The van der Waals surface area contributed by atoms with Crippen LogP contribution in [0.1, 0.15) is 81.5 Å². The highest BCUT2D eigenvalue weighted by Gasteiger charge is 2.43. The van der Waals surface area contributed by atoms with Gasteiger partial charge in [0.25, 0.3) is 5.88 Å². The van der Waals surface area contributed by atoms with Crippen LogP contribution in [0.15, 0.2) is 70.7 Å². The Morgan fingerprint density at radius 3 is 2.56 bits per heavy atom. The number of para-hydroxylation sites is 1. The van der Waals surface area contributed by atoms with Gasteiger partial charge in [-0.1, -0.05) is 50.2 Å². The van der Waals surface area contributed by atoms with Crippen molar-refractivity contribution in [2.45, 2.75) is 83.5 Å². The Morgan fingerprint density at radius 1 is 1.07 bits per heavy atom. The molecular weight excluding hydrogens is 797 g/mol. The van der Waals surface area contributed by atoms with Gasteiger partial charge in [0.2, 0.25) is 11.8 Å². The number of anilines is 1. The molecule has 0 spiro atoms. The number of likely N-dealkylation sites (tertiary alicyclic amines) is 2. The third-order valence-electron chi connectivity index (χ3n) is 11.8. The van der Waals surface area contributed by atoms with E-state index >= 15 is 0 Å². The van der Waals surface area contributed by atoms with E-state index in [1.807, 2.05) is 74.3 Å². The Bertz CT molecular complexity index is 2480. The first-order valence-corrected chi connectivity index (χ1v) is 21.7. The average Bonchev–Trinajstić information content (AvgIpc) is 4.06. The van der Waals surface area contributed by atoms with Gasteiger partial charge in [0, 0.05) is 44.2 Å². The van der Waals surface area contributed by atoms with Crippen LogP contribution in [0.2, 0.25) is 0 Å². The highest BCUT2D eigenvalue weighted by molar-refractivity contribution is 7.13. The maximum atomic E-state index is 14.2. The van der Waals surface area contributed by atoms with Gasteiger partial charge in [-0.05, 0) is 73.5 Å². The first-order chi connectivity index (χ1) is 29.4. The number of phenolic OH excluding ortho intramolecular Hbond substituents is 1. The van der Waals surface area contributed by atoms with Gasteiger partial charge in [-0.25, -0.2) is 4.98 Å². The molecule has 4 atom stereocenters. The fraction of sp³-hybridized carbons (Fsp3) is 0.432. The molecule has 4 aromatic heterocycles. The van der Waals surface area contributed by atoms with E-state index in [9.17, 15) is 19.8 Å². The van der Waals surface area contributed by atoms with Gasteiger partial charge < -0.3 is 40.3 Å². The molecule has 0 saturated carbocycles. The van der Waals surface area contributed by atoms with E-state index in [4.69, 9.17) is 15.0 Å². The molecule has 320 valence electrons. The molecule has 0 bridgehead atoms. The lowest BCUT2D eigenvalue weighted by Gasteiger charge is -2.32. The second-order valence-electron chi connectivity index (χ2n) is 16.4. The van der Waals surface area contributed by atoms with E-state index < -0.39 is 18.1 Å². The lowest BCUT2D eigenvalue weighted by atomic mass is 9.91. The second kappa shape index (κ2) is 18.0. The van der Waals surface area contributed by atoms with Gasteiger partial charge in [0.05, 0.1) is 52.1 Å². The molecule has 2 saturated heterocycles. The largest absolute Gasteiger partial charge is 0.507 e. The number of thiazole rings is 1. The van der Waals surface area contributed by atoms with Crippen molar-refractivity contribution in [3.05, 3.63) is 83.2 Å². The number of phenols is 1. The topological polar surface area (TPSA) is 211 Å². The number of piperidine rings is 1. The molecule has 2 aliphatic heterocycles. The number of aliphatic hydroxyl groups excluding tert-OH is 1. The van der Waals surface area contributed by atoms with Crippen molar-refractivity contribution in [3.63, 3.8) is 0 Å². The van der Waals surface area contributed by atoms with Crippen molar-refractivity contribution < 1.29 is 29.1 Å². The number of aryl methyl sites for hydroxylation is 1. The highest BCUT2D eigenvalue weighted by atomic mass is 32.1. The summed E-state index contributed by atoms with van der Waals surface area (Å²) in [4.78, 5) is 37.2. The maximum absolute atomic E-state index is 14.2. The van der Waals surface area contributed by atoms with Crippen LogP contribution in [-0.4, -0.2) is 107 Å². The summed E-state index contributed by atoms with van der Waals surface area (Å²) in [5.74, 6) is -0.409. The number of benzene rings is 2. The van der Waals surface area contributed by atoms with Gasteiger partial charge in [0.1, 0.15) is 17.7 Å². The molecule has 6 aromatic rings. The number of aromatic nitrogens is 6. The van der Waals surface area contributed by atoms with E-state index in [1.165, 1.54) is 4.90 Å². The minimum absolute atomic E-state index is 0.0496. The lowest BCUT2D eigenvalue weighted by molar-refractivity contribution is -0.141. The zero-order valence-electron chi connectivity index (χ0n) is 34.8. The van der Waals surface area contributed by atoms with Crippen molar-refractivity contribution in [3.8, 4) is 33.3 Å². The lowest BCUT2D eigenvalue weighted by Crippen LogP contribution is -2.48. The van der Waals surface area contributed by atoms with E-state index in [0.29, 0.717) is 40.8 Å². The van der Waals surface area contributed by atoms with Crippen LogP contribution in [0, 0.1) is 12.8 Å². The Labute approximate surface area is 357 Å². The van der Waals surface area contributed by atoms with Crippen LogP contribution in [0.3, 0.4) is 0 Å². The molecule has 0 aliphatic carbocycles. The number of nitrogen functional groups attached to an aromatic ring is 1. The molecule has 0 radical (unpaired) electrons. The minimum atomic E-state index is -0.830. The summed E-state index contributed by atoms with van der Waals surface area (Å²) in [6.45, 7) is 10.7. The van der Waals surface area contributed by atoms with E-state index in [-0.39, 0.29) is 48.5 Å². The maximum Gasteiger partial charge on any atom is 0.254 e. The first-order valence-electron chi connectivity index (χ1n) is 20.9. The van der Waals surface area contributed by atoms with Crippen LogP contribution in [0.5, 0.6) is 11.6 Å². The number of aliphatic hydroxyl groups is 1. The normalized spacial score (nSPS) is 18.5.